The summed E-state index contributed by atoms with van der Waals surface area (Å²) < 4.78 is 10.2. The predicted molar refractivity (Wildman–Crippen MR) is 85.0 cm³/mol. The zero-order valence-corrected chi connectivity index (χ0v) is 13.4. The van der Waals surface area contributed by atoms with Crippen LogP contribution < -0.4 is 4.90 Å². The van der Waals surface area contributed by atoms with Crippen molar-refractivity contribution in [3.63, 3.8) is 0 Å². The van der Waals surface area contributed by atoms with Gasteiger partial charge in [0.25, 0.3) is 0 Å². The highest BCUT2D eigenvalue weighted by atomic mass is 16.5. The first-order valence-corrected chi connectivity index (χ1v) is 7.95. The standard InChI is InChI=1S/C17H22N2O4/c1-22-17(21)14-10-16(20)19(12-14)15-5-3-2-4-13(15)11-18-6-8-23-9-7-18/h2-5,14H,6-12H2,1H3. The van der Waals surface area contributed by atoms with Gasteiger partial charge in [-0.1, -0.05) is 18.2 Å². The predicted octanol–water partition coefficient (Wildman–Crippen LogP) is 1.04. The fourth-order valence-electron chi connectivity index (χ4n) is 3.17. The van der Waals surface area contributed by atoms with Crippen LogP contribution in [0.3, 0.4) is 0 Å². The van der Waals surface area contributed by atoms with Gasteiger partial charge in [0.15, 0.2) is 0 Å². The van der Waals surface area contributed by atoms with Crippen molar-refractivity contribution in [1.29, 1.82) is 0 Å². The number of carbonyl (C=O) groups is 2. The van der Waals surface area contributed by atoms with Gasteiger partial charge in [0.1, 0.15) is 0 Å². The van der Waals surface area contributed by atoms with Gasteiger partial charge in [0.2, 0.25) is 5.91 Å². The fraction of sp³-hybridized carbons (Fsp3) is 0.529. The number of ether oxygens (including phenoxy) is 2. The molecule has 0 aromatic heterocycles. The van der Waals surface area contributed by atoms with E-state index in [9.17, 15) is 9.59 Å². The Balaban J connectivity index is 1.77. The fourth-order valence-corrected chi connectivity index (χ4v) is 3.17. The molecule has 23 heavy (non-hydrogen) atoms. The highest BCUT2D eigenvalue weighted by Gasteiger charge is 2.36. The Morgan fingerprint density at radius 2 is 2.04 bits per heavy atom. The van der Waals surface area contributed by atoms with Crippen molar-refractivity contribution in [2.45, 2.75) is 13.0 Å². The number of rotatable bonds is 4. The normalized spacial score (nSPS) is 22.4. The summed E-state index contributed by atoms with van der Waals surface area (Å²) in [7, 11) is 1.36. The molecule has 1 aromatic carbocycles. The number of amides is 1. The number of methoxy groups -OCH3 is 1. The molecule has 1 unspecified atom stereocenters. The van der Waals surface area contributed by atoms with Crippen molar-refractivity contribution in [2.24, 2.45) is 5.92 Å². The molecule has 0 N–H and O–H groups in total. The lowest BCUT2D eigenvalue weighted by molar-refractivity contribution is -0.145. The molecule has 2 heterocycles. The van der Waals surface area contributed by atoms with Crippen LogP contribution in [0.1, 0.15) is 12.0 Å². The molecule has 2 aliphatic heterocycles. The van der Waals surface area contributed by atoms with Crippen LogP contribution in [-0.4, -0.2) is 56.7 Å². The van der Waals surface area contributed by atoms with Crippen molar-refractivity contribution in [3.05, 3.63) is 29.8 Å². The third-order valence-corrected chi connectivity index (χ3v) is 4.44. The van der Waals surface area contributed by atoms with E-state index < -0.39 is 0 Å². The summed E-state index contributed by atoms with van der Waals surface area (Å²) in [4.78, 5) is 28.1. The molecule has 0 bridgehead atoms. The maximum atomic E-state index is 12.3. The number of anilines is 1. The van der Waals surface area contributed by atoms with Gasteiger partial charge < -0.3 is 14.4 Å². The Morgan fingerprint density at radius 3 is 2.78 bits per heavy atom. The summed E-state index contributed by atoms with van der Waals surface area (Å²) in [5.74, 6) is -0.703. The van der Waals surface area contributed by atoms with Gasteiger partial charge in [-0.25, -0.2) is 0 Å². The van der Waals surface area contributed by atoms with Gasteiger partial charge in [-0.3, -0.25) is 14.5 Å². The van der Waals surface area contributed by atoms with Crippen LogP contribution in [0.4, 0.5) is 5.69 Å². The summed E-state index contributed by atoms with van der Waals surface area (Å²) in [5.41, 5.74) is 2.00. The van der Waals surface area contributed by atoms with Crippen LogP contribution in [-0.2, 0) is 25.6 Å². The molecule has 1 aromatic rings. The number of nitrogens with zero attached hydrogens (tertiary/aromatic N) is 2. The molecular formula is C17H22N2O4. The average molecular weight is 318 g/mol. The molecule has 6 nitrogen and oxygen atoms in total. The zero-order valence-electron chi connectivity index (χ0n) is 13.4. The first-order valence-electron chi connectivity index (χ1n) is 7.95. The minimum Gasteiger partial charge on any atom is -0.469 e. The molecule has 6 heteroatoms. The molecule has 1 atom stereocenters. The second-order valence-corrected chi connectivity index (χ2v) is 5.95. The maximum absolute atomic E-state index is 12.3. The molecule has 1 amide bonds. The maximum Gasteiger partial charge on any atom is 0.311 e. The van der Waals surface area contributed by atoms with Crippen LogP contribution >= 0.6 is 0 Å². The third-order valence-electron chi connectivity index (χ3n) is 4.44. The summed E-state index contributed by atoms with van der Waals surface area (Å²) in [6.07, 6.45) is 0.221. The average Bonchev–Trinajstić information content (AvgIpc) is 2.97. The first-order chi connectivity index (χ1) is 11.2. The Labute approximate surface area is 136 Å². The number of hydrogen-bond donors (Lipinski definition) is 0. The molecule has 0 radical (unpaired) electrons. The molecular weight excluding hydrogens is 296 g/mol. The van der Waals surface area contributed by atoms with Gasteiger partial charge in [0.05, 0.1) is 26.2 Å². The van der Waals surface area contributed by atoms with Gasteiger partial charge >= 0.3 is 5.97 Å². The topological polar surface area (TPSA) is 59.1 Å². The van der Waals surface area contributed by atoms with Crippen molar-refractivity contribution in [2.75, 3.05) is 44.9 Å². The Bertz CT molecular complexity index is 584. The van der Waals surface area contributed by atoms with Gasteiger partial charge in [-0.2, -0.15) is 0 Å². The van der Waals surface area contributed by atoms with Crippen molar-refractivity contribution in [1.82, 2.24) is 4.90 Å². The minimum absolute atomic E-state index is 0.0187. The summed E-state index contributed by atoms with van der Waals surface area (Å²) >= 11 is 0. The van der Waals surface area contributed by atoms with Crippen molar-refractivity contribution >= 4 is 17.6 Å². The molecule has 0 saturated carbocycles. The number of hydrogen-bond acceptors (Lipinski definition) is 5. The van der Waals surface area contributed by atoms with Gasteiger partial charge in [-0.15, -0.1) is 0 Å². The van der Waals surface area contributed by atoms with E-state index in [1.165, 1.54) is 7.11 Å². The number of esters is 1. The molecule has 3 rings (SSSR count). The molecule has 124 valence electrons. The summed E-state index contributed by atoms with van der Waals surface area (Å²) in [6.45, 7) is 4.46. The number of benzene rings is 1. The lowest BCUT2D eigenvalue weighted by Gasteiger charge is -2.28. The van der Waals surface area contributed by atoms with Crippen molar-refractivity contribution < 1.29 is 19.1 Å². The van der Waals surface area contributed by atoms with E-state index in [0.717, 1.165) is 44.1 Å². The Morgan fingerprint density at radius 1 is 1.30 bits per heavy atom. The van der Waals surface area contributed by atoms with Crippen LogP contribution in [0.25, 0.3) is 0 Å². The van der Waals surface area contributed by atoms with Crippen molar-refractivity contribution in [3.8, 4) is 0 Å². The van der Waals surface area contributed by atoms with E-state index in [1.807, 2.05) is 24.3 Å². The third kappa shape index (κ3) is 3.54. The lowest BCUT2D eigenvalue weighted by atomic mass is 10.1. The molecule has 0 spiro atoms. The van der Waals surface area contributed by atoms with Gasteiger partial charge in [-0.05, 0) is 11.6 Å². The Hall–Kier alpha value is -1.92. The second-order valence-electron chi connectivity index (χ2n) is 5.95. The quantitative estimate of drug-likeness (QED) is 0.777. The van der Waals surface area contributed by atoms with E-state index in [2.05, 4.69) is 4.90 Å². The van der Waals surface area contributed by atoms with Gasteiger partial charge in [0, 0.05) is 38.3 Å². The summed E-state index contributed by atoms with van der Waals surface area (Å²) in [6, 6.07) is 7.91. The van der Waals surface area contributed by atoms with Crippen LogP contribution in [0.2, 0.25) is 0 Å². The molecule has 2 saturated heterocycles. The van der Waals surface area contributed by atoms with Crippen LogP contribution in [0.15, 0.2) is 24.3 Å². The minimum atomic E-state index is -0.371. The monoisotopic (exact) mass is 318 g/mol. The number of para-hydroxylation sites is 1. The summed E-state index contributed by atoms with van der Waals surface area (Å²) in [5, 5.41) is 0. The number of carbonyl (C=O) groups excluding carboxylic acids is 2. The SMILES string of the molecule is COC(=O)C1CC(=O)N(c2ccccc2CN2CCOCC2)C1. The van der Waals surface area contributed by atoms with E-state index >= 15 is 0 Å². The Kier molecular flexibility index (Phi) is 4.93. The van der Waals surface area contributed by atoms with E-state index in [1.54, 1.807) is 4.90 Å². The molecule has 2 fully saturated rings. The van der Waals surface area contributed by atoms with Crippen LogP contribution in [0, 0.1) is 5.92 Å². The van der Waals surface area contributed by atoms with E-state index in [0.29, 0.717) is 6.54 Å². The first kappa shape index (κ1) is 16.0. The smallest absolute Gasteiger partial charge is 0.311 e. The molecule has 2 aliphatic rings. The second kappa shape index (κ2) is 7.10. The number of morpholine rings is 1. The zero-order chi connectivity index (χ0) is 16.2. The largest absolute Gasteiger partial charge is 0.469 e. The van der Waals surface area contributed by atoms with E-state index in [-0.39, 0.29) is 24.2 Å². The van der Waals surface area contributed by atoms with Crippen LogP contribution in [0.5, 0.6) is 0 Å². The highest BCUT2D eigenvalue weighted by molar-refractivity contribution is 6.00. The van der Waals surface area contributed by atoms with E-state index in [4.69, 9.17) is 9.47 Å². The highest BCUT2D eigenvalue weighted by Crippen LogP contribution is 2.29. The molecule has 0 aliphatic carbocycles. The lowest BCUT2D eigenvalue weighted by Crippen LogP contribution is -2.36.